The molecule has 0 radical (unpaired) electrons. The summed E-state index contributed by atoms with van der Waals surface area (Å²) in [6.07, 6.45) is 26.1. The van der Waals surface area contributed by atoms with Crippen LogP contribution >= 0.6 is 0 Å². The second-order valence-electron chi connectivity index (χ2n) is 7.66. The summed E-state index contributed by atoms with van der Waals surface area (Å²) in [4.78, 5) is 11.7. The molecule has 0 spiro atoms. The first-order chi connectivity index (χ1) is 13.3. The third-order valence-corrected chi connectivity index (χ3v) is 4.96. The van der Waals surface area contributed by atoms with Gasteiger partial charge in [0, 0.05) is 6.42 Å². The molecule has 0 aromatic carbocycles. The molecule has 0 bridgehead atoms. The third-order valence-electron chi connectivity index (χ3n) is 4.96. The second kappa shape index (κ2) is 17.0. The molecule has 3 nitrogen and oxygen atoms in total. The average Bonchev–Trinajstić information content (AvgIpc) is 3.40. The van der Waals surface area contributed by atoms with Gasteiger partial charge in [0.15, 0.2) is 0 Å². The van der Waals surface area contributed by atoms with Crippen LogP contribution in [-0.2, 0) is 14.3 Å². The summed E-state index contributed by atoms with van der Waals surface area (Å²) >= 11 is 0. The van der Waals surface area contributed by atoms with Crippen LogP contribution in [0.1, 0.15) is 110 Å². The molecule has 2 atom stereocenters. The summed E-state index contributed by atoms with van der Waals surface area (Å²) < 4.78 is 10.7. The fourth-order valence-corrected chi connectivity index (χ4v) is 3.11. The van der Waals surface area contributed by atoms with Crippen molar-refractivity contribution in [2.24, 2.45) is 0 Å². The van der Waals surface area contributed by atoms with E-state index in [9.17, 15) is 4.79 Å². The minimum absolute atomic E-state index is 0.0929. The zero-order chi connectivity index (χ0) is 19.6. The van der Waals surface area contributed by atoms with E-state index in [1.807, 2.05) is 0 Å². The van der Waals surface area contributed by atoms with E-state index in [4.69, 9.17) is 9.47 Å². The summed E-state index contributed by atoms with van der Waals surface area (Å²) in [5.74, 6) is -0.0929. The minimum Gasteiger partial charge on any atom is -0.433 e. The lowest BCUT2D eigenvalue weighted by atomic mass is 10.1. The molecule has 0 aromatic rings. The summed E-state index contributed by atoms with van der Waals surface area (Å²) in [6.45, 7) is 4.40. The van der Waals surface area contributed by atoms with Gasteiger partial charge < -0.3 is 9.47 Å². The van der Waals surface area contributed by atoms with Crippen LogP contribution in [0.15, 0.2) is 24.3 Å². The Hall–Kier alpha value is -1.09. The first kappa shape index (κ1) is 23.9. The highest BCUT2D eigenvalue weighted by atomic mass is 16.8. The number of esters is 1. The number of hydrogen-bond acceptors (Lipinski definition) is 3. The number of rotatable bonds is 18. The highest BCUT2D eigenvalue weighted by Crippen LogP contribution is 2.28. The average molecular weight is 379 g/mol. The molecular formula is C24H42O3. The molecule has 1 saturated heterocycles. The van der Waals surface area contributed by atoms with Gasteiger partial charge in [-0.2, -0.15) is 0 Å². The minimum atomic E-state index is -0.248. The van der Waals surface area contributed by atoms with Crippen LogP contribution in [-0.4, -0.2) is 18.4 Å². The van der Waals surface area contributed by atoms with Gasteiger partial charge in [-0.25, -0.2) is 0 Å². The van der Waals surface area contributed by atoms with E-state index in [0.29, 0.717) is 6.42 Å². The number of ether oxygens (including phenoxy) is 2. The number of hydrogen-bond donors (Lipinski definition) is 0. The van der Waals surface area contributed by atoms with E-state index in [2.05, 4.69) is 38.2 Å². The Morgan fingerprint density at radius 3 is 2.15 bits per heavy atom. The lowest BCUT2D eigenvalue weighted by Gasteiger charge is -2.02. The maximum absolute atomic E-state index is 11.7. The van der Waals surface area contributed by atoms with Crippen molar-refractivity contribution in [2.45, 2.75) is 123 Å². The Labute approximate surface area is 167 Å². The Bertz CT molecular complexity index is 414. The molecule has 1 aliphatic heterocycles. The third kappa shape index (κ3) is 14.6. The van der Waals surface area contributed by atoms with Crippen LogP contribution in [0.3, 0.4) is 0 Å². The van der Waals surface area contributed by atoms with Gasteiger partial charge in [-0.3, -0.25) is 4.79 Å². The van der Waals surface area contributed by atoms with Crippen molar-refractivity contribution in [3.8, 4) is 0 Å². The van der Waals surface area contributed by atoms with Gasteiger partial charge in [-0.1, -0.05) is 83.1 Å². The largest absolute Gasteiger partial charge is 0.433 e. The normalized spacial score (nSPS) is 19.2. The summed E-state index contributed by atoms with van der Waals surface area (Å²) in [6, 6.07) is 0. The first-order valence-corrected chi connectivity index (χ1v) is 11.4. The Morgan fingerprint density at radius 2 is 1.44 bits per heavy atom. The number of epoxide rings is 1. The van der Waals surface area contributed by atoms with E-state index in [-0.39, 0.29) is 18.4 Å². The van der Waals surface area contributed by atoms with Crippen LogP contribution < -0.4 is 0 Å². The molecule has 1 fully saturated rings. The van der Waals surface area contributed by atoms with Crippen molar-refractivity contribution in [1.29, 1.82) is 0 Å². The van der Waals surface area contributed by atoms with Gasteiger partial charge in [0.25, 0.3) is 0 Å². The van der Waals surface area contributed by atoms with Crippen molar-refractivity contribution in [1.82, 2.24) is 0 Å². The smallest absolute Gasteiger partial charge is 0.308 e. The molecule has 0 amide bonds. The zero-order valence-electron chi connectivity index (χ0n) is 17.8. The quantitative estimate of drug-likeness (QED) is 0.109. The molecule has 1 heterocycles. The molecule has 27 heavy (non-hydrogen) atoms. The van der Waals surface area contributed by atoms with Gasteiger partial charge >= 0.3 is 5.97 Å². The fraction of sp³-hybridized carbons (Fsp3) is 0.792. The number of carbonyl (C=O) groups excluding carboxylic acids is 1. The van der Waals surface area contributed by atoms with Gasteiger partial charge in [0.05, 0.1) is 0 Å². The van der Waals surface area contributed by atoms with Crippen molar-refractivity contribution in [2.75, 3.05) is 0 Å². The van der Waals surface area contributed by atoms with Gasteiger partial charge in [-0.15, -0.1) is 0 Å². The van der Waals surface area contributed by atoms with E-state index >= 15 is 0 Å². The molecule has 156 valence electrons. The van der Waals surface area contributed by atoms with Crippen molar-refractivity contribution < 1.29 is 14.3 Å². The number of unbranched alkanes of at least 4 members (excludes halogenated alkanes) is 9. The predicted octanol–water partition coefficient (Wildman–Crippen LogP) is 7.26. The van der Waals surface area contributed by atoms with E-state index in [1.165, 1.54) is 51.4 Å². The Morgan fingerprint density at radius 1 is 0.815 bits per heavy atom. The Balaban J connectivity index is 1.81. The molecule has 3 heteroatoms. The van der Waals surface area contributed by atoms with Crippen molar-refractivity contribution in [3.05, 3.63) is 24.3 Å². The van der Waals surface area contributed by atoms with Crippen LogP contribution in [0, 0.1) is 0 Å². The zero-order valence-corrected chi connectivity index (χ0v) is 17.8. The lowest BCUT2D eigenvalue weighted by Crippen LogP contribution is -2.09. The molecule has 1 aliphatic rings. The maximum Gasteiger partial charge on any atom is 0.308 e. The van der Waals surface area contributed by atoms with E-state index < -0.39 is 0 Å². The molecule has 0 saturated carbocycles. The monoisotopic (exact) mass is 378 g/mol. The molecule has 2 unspecified atom stereocenters. The molecule has 0 aliphatic carbocycles. The van der Waals surface area contributed by atoms with Crippen LogP contribution in [0.25, 0.3) is 0 Å². The van der Waals surface area contributed by atoms with E-state index in [1.54, 1.807) is 0 Å². The summed E-state index contributed by atoms with van der Waals surface area (Å²) in [5, 5.41) is 0. The molecular weight excluding hydrogens is 336 g/mol. The van der Waals surface area contributed by atoms with Crippen LogP contribution in [0.5, 0.6) is 0 Å². The SMILES string of the molecule is CCCCCC=CCC=CCCCCCCCC(=O)OC1OC1CCCC. The van der Waals surface area contributed by atoms with Gasteiger partial charge in [-0.05, 0) is 44.9 Å². The standard InChI is InChI=1S/C24H42O3/c1-3-5-7-8-9-10-11-12-13-14-15-16-17-18-19-21-23(25)27-24-22(26-24)20-6-4-2/h9-10,12-13,22,24H,3-8,11,14-21H2,1-2H3. The number of carbonyl (C=O) groups is 1. The van der Waals surface area contributed by atoms with Crippen molar-refractivity contribution in [3.63, 3.8) is 0 Å². The highest BCUT2D eigenvalue weighted by molar-refractivity contribution is 5.69. The highest BCUT2D eigenvalue weighted by Gasteiger charge is 2.41. The molecule has 1 rings (SSSR count). The summed E-state index contributed by atoms with van der Waals surface area (Å²) in [5.41, 5.74) is 0. The molecule has 0 N–H and O–H groups in total. The second-order valence-corrected chi connectivity index (χ2v) is 7.66. The van der Waals surface area contributed by atoms with Crippen LogP contribution in [0.4, 0.5) is 0 Å². The van der Waals surface area contributed by atoms with E-state index in [0.717, 1.165) is 38.5 Å². The number of allylic oxidation sites excluding steroid dienone is 4. The Kier molecular flexibility index (Phi) is 15.1. The summed E-state index contributed by atoms with van der Waals surface area (Å²) in [7, 11) is 0. The maximum atomic E-state index is 11.7. The molecule has 0 aromatic heterocycles. The van der Waals surface area contributed by atoms with Crippen LogP contribution in [0.2, 0.25) is 0 Å². The van der Waals surface area contributed by atoms with Crippen molar-refractivity contribution >= 4 is 5.97 Å². The van der Waals surface area contributed by atoms with Gasteiger partial charge in [0.1, 0.15) is 6.10 Å². The first-order valence-electron chi connectivity index (χ1n) is 11.4. The predicted molar refractivity (Wildman–Crippen MR) is 114 cm³/mol. The lowest BCUT2D eigenvalue weighted by molar-refractivity contribution is -0.148. The fourth-order valence-electron chi connectivity index (χ4n) is 3.11. The topological polar surface area (TPSA) is 38.8 Å². The van der Waals surface area contributed by atoms with Gasteiger partial charge in [0.2, 0.25) is 6.29 Å².